The number of nitrogens with zero attached hydrogens (tertiary/aromatic N) is 1. The Morgan fingerprint density at radius 1 is 1.19 bits per heavy atom. The first-order valence-electron chi connectivity index (χ1n) is 7.84. The summed E-state index contributed by atoms with van der Waals surface area (Å²) in [4.78, 5) is 15.4. The summed E-state index contributed by atoms with van der Waals surface area (Å²) in [6.45, 7) is 1.80. The summed E-state index contributed by atoms with van der Waals surface area (Å²) in [7, 11) is 0. The third kappa shape index (κ3) is 5.19. The van der Waals surface area contributed by atoms with E-state index in [1.807, 2.05) is 30.3 Å². The summed E-state index contributed by atoms with van der Waals surface area (Å²) in [6, 6.07) is 14.1. The highest BCUT2D eigenvalue weighted by molar-refractivity contribution is 5.90. The van der Waals surface area contributed by atoms with Crippen LogP contribution in [0.2, 0.25) is 0 Å². The van der Waals surface area contributed by atoms with Crippen molar-refractivity contribution in [2.75, 3.05) is 18.4 Å². The molecule has 1 fully saturated rings. The number of rotatable bonds is 5. The van der Waals surface area contributed by atoms with E-state index in [1.54, 1.807) is 17.8 Å². The Bertz CT molecular complexity index is 718. The Kier molecular flexibility index (Phi) is 8.54. The topological polar surface area (TPSA) is 86.3 Å². The molecule has 0 bridgehead atoms. The molecule has 3 rings (SSSR count). The molecule has 4 N–H and O–H groups in total. The van der Waals surface area contributed by atoms with Crippen LogP contribution in [0.4, 0.5) is 5.82 Å². The summed E-state index contributed by atoms with van der Waals surface area (Å²) < 4.78 is 0. The Morgan fingerprint density at radius 2 is 1.96 bits per heavy atom. The molecule has 1 saturated heterocycles. The Balaban J connectivity index is 0.00000169. The molecule has 140 valence electrons. The highest BCUT2D eigenvalue weighted by Gasteiger charge is 2.35. The largest absolute Gasteiger partial charge is 0.359 e. The summed E-state index contributed by atoms with van der Waals surface area (Å²) in [5, 5.41) is 15.4. The smallest absolute Gasteiger partial charge is 0.267 e. The van der Waals surface area contributed by atoms with Gasteiger partial charge >= 0.3 is 0 Å². The second-order valence-electron chi connectivity index (χ2n) is 5.79. The van der Waals surface area contributed by atoms with Gasteiger partial charge in [-0.05, 0) is 42.3 Å². The van der Waals surface area contributed by atoms with Gasteiger partial charge in [0.15, 0.2) is 0 Å². The van der Waals surface area contributed by atoms with Gasteiger partial charge in [-0.25, -0.2) is 10.5 Å². The van der Waals surface area contributed by atoms with E-state index in [0.29, 0.717) is 0 Å². The third-order valence-electron chi connectivity index (χ3n) is 4.17. The summed E-state index contributed by atoms with van der Waals surface area (Å²) >= 11 is 0. The van der Waals surface area contributed by atoms with Crippen LogP contribution in [-0.4, -0.2) is 29.2 Å². The van der Waals surface area contributed by atoms with Gasteiger partial charge in [0.05, 0.1) is 5.54 Å². The van der Waals surface area contributed by atoms with Crippen LogP contribution in [-0.2, 0) is 10.3 Å². The van der Waals surface area contributed by atoms with Crippen LogP contribution in [0, 0.1) is 0 Å². The second kappa shape index (κ2) is 10.1. The van der Waals surface area contributed by atoms with Crippen molar-refractivity contribution in [2.24, 2.45) is 0 Å². The van der Waals surface area contributed by atoms with Crippen LogP contribution < -0.4 is 16.1 Å². The van der Waals surface area contributed by atoms with Crippen LogP contribution in [0.5, 0.6) is 0 Å². The van der Waals surface area contributed by atoms with Crippen molar-refractivity contribution in [3.63, 3.8) is 0 Å². The number of benzene rings is 1. The molecule has 26 heavy (non-hydrogen) atoms. The molecule has 8 heteroatoms. The number of carbonyl (C=O) groups is 1. The van der Waals surface area contributed by atoms with Crippen molar-refractivity contribution in [3.05, 3.63) is 65.9 Å². The minimum Gasteiger partial charge on any atom is -0.359 e. The molecule has 0 spiro atoms. The Morgan fingerprint density at radius 3 is 2.54 bits per heavy atom. The van der Waals surface area contributed by atoms with E-state index < -0.39 is 5.91 Å². The van der Waals surface area contributed by atoms with Crippen LogP contribution in [0.15, 0.2) is 54.7 Å². The average Bonchev–Trinajstić information content (AvgIpc) is 3.11. The van der Waals surface area contributed by atoms with E-state index >= 15 is 0 Å². The molecule has 1 atom stereocenters. The second-order valence-corrected chi connectivity index (χ2v) is 5.79. The molecule has 0 aliphatic carbocycles. The number of aromatic nitrogens is 1. The van der Waals surface area contributed by atoms with Gasteiger partial charge in [-0.3, -0.25) is 10.0 Å². The van der Waals surface area contributed by atoms with Crippen LogP contribution in [0.1, 0.15) is 17.5 Å². The molecule has 1 aromatic heterocycles. The molecule has 0 radical (unpaired) electrons. The van der Waals surface area contributed by atoms with Gasteiger partial charge in [0.1, 0.15) is 5.82 Å². The van der Waals surface area contributed by atoms with Crippen LogP contribution in [0.25, 0.3) is 6.08 Å². The lowest BCUT2D eigenvalue weighted by atomic mass is 9.89. The van der Waals surface area contributed by atoms with Gasteiger partial charge in [-0.2, -0.15) is 0 Å². The number of hydroxylamine groups is 1. The number of carbonyl (C=O) groups excluding carboxylic acids is 1. The van der Waals surface area contributed by atoms with Crippen LogP contribution >= 0.6 is 24.8 Å². The lowest BCUT2D eigenvalue weighted by molar-refractivity contribution is -0.124. The number of pyridine rings is 1. The van der Waals surface area contributed by atoms with Crippen molar-refractivity contribution in [3.8, 4) is 0 Å². The first kappa shape index (κ1) is 21.9. The normalized spacial score (nSPS) is 18.7. The van der Waals surface area contributed by atoms with Gasteiger partial charge in [0.25, 0.3) is 5.91 Å². The maximum absolute atomic E-state index is 11.0. The van der Waals surface area contributed by atoms with Crippen molar-refractivity contribution in [2.45, 2.75) is 12.0 Å². The zero-order chi connectivity index (χ0) is 16.8. The first-order chi connectivity index (χ1) is 11.7. The molecular formula is C18H22Cl2N4O2. The third-order valence-corrected chi connectivity index (χ3v) is 4.17. The van der Waals surface area contributed by atoms with Gasteiger partial charge < -0.3 is 10.6 Å². The molecule has 1 aliphatic heterocycles. The first-order valence-corrected chi connectivity index (χ1v) is 7.84. The fourth-order valence-corrected chi connectivity index (χ4v) is 2.91. The molecular weight excluding hydrogens is 375 g/mol. The van der Waals surface area contributed by atoms with E-state index in [2.05, 4.69) is 27.8 Å². The predicted octanol–water partition coefficient (Wildman–Crippen LogP) is 2.74. The molecule has 1 aliphatic rings. The average molecular weight is 397 g/mol. The van der Waals surface area contributed by atoms with Crippen molar-refractivity contribution in [1.82, 2.24) is 15.8 Å². The van der Waals surface area contributed by atoms with Crippen molar-refractivity contribution >= 4 is 42.6 Å². The van der Waals surface area contributed by atoms with Crippen molar-refractivity contribution < 1.29 is 10.0 Å². The number of hydrogen-bond donors (Lipinski definition) is 4. The standard InChI is InChI=1S/C18H20N4O2.2ClH/c23-17(22-24)9-7-14-6-8-16(20-12-14)21-18(10-11-19-13-18)15-4-2-1-3-5-15;;/h1-9,12,19,24H,10-11,13H2,(H,20,21)(H,22,23);2*1H/b9-7+;;/t18-;;/m0../s1. The molecule has 1 aromatic carbocycles. The predicted molar refractivity (Wildman–Crippen MR) is 107 cm³/mol. The van der Waals surface area contributed by atoms with Crippen LogP contribution in [0.3, 0.4) is 0 Å². The number of nitrogens with one attached hydrogen (secondary N) is 3. The minimum absolute atomic E-state index is 0. The van der Waals surface area contributed by atoms with E-state index in [1.165, 1.54) is 11.6 Å². The maximum Gasteiger partial charge on any atom is 0.267 e. The zero-order valence-corrected chi connectivity index (χ0v) is 15.6. The monoisotopic (exact) mass is 396 g/mol. The number of amides is 1. The fraction of sp³-hybridized carbons (Fsp3) is 0.222. The van der Waals surface area contributed by atoms with Crippen molar-refractivity contribution in [1.29, 1.82) is 0 Å². The number of hydrogen-bond acceptors (Lipinski definition) is 5. The lowest BCUT2D eigenvalue weighted by Crippen LogP contribution is -2.37. The maximum atomic E-state index is 11.0. The quantitative estimate of drug-likeness (QED) is 0.354. The van der Waals surface area contributed by atoms with E-state index in [9.17, 15) is 4.79 Å². The molecule has 1 amide bonds. The molecule has 6 nitrogen and oxygen atoms in total. The van der Waals surface area contributed by atoms with E-state index in [-0.39, 0.29) is 30.4 Å². The molecule has 2 aromatic rings. The van der Waals surface area contributed by atoms with Gasteiger partial charge in [-0.1, -0.05) is 30.3 Å². The lowest BCUT2D eigenvalue weighted by Gasteiger charge is -2.31. The number of anilines is 1. The Labute approximate surface area is 164 Å². The highest BCUT2D eigenvalue weighted by atomic mass is 35.5. The minimum atomic E-state index is -0.572. The summed E-state index contributed by atoms with van der Waals surface area (Å²) in [6.07, 6.45) is 5.50. The van der Waals surface area contributed by atoms with Gasteiger partial charge in [0.2, 0.25) is 0 Å². The SMILES string of the molecule is Cl.Cl.O=C(/C=C/c1ccc(N[C@@]2(c3ccccc3)CCNC2)nc1)NO. The molecule has 0 unspecified atom stereocenters. The zero-order valence-electron chi connectivity index (χ0n) is 14.0. The van der Waals surface area contributed by atoms with E-state index in [0.717, 1.165) is 30.9 Å². The number of halogens is 2. The highest BCUT2D eigenvalue weighted by Crippen LogP contribution is 2.31. The summed E-state index contributed by atoms with van der Waals surface area (Å²) in [5.41, 5.74) is 3.40. The summed E-state index contributed by atoms with van der Waals surface area (Å²) in [5.74, 6) is 0.212. The molecule has 0 saturated carbocycles. The van der Waals surface area contributed by atoms with Gasteiger partial charge in [0, 0.05) is 18.8 Å². The van der Waals surface area contributed by atoms with E-state index in [4.69, 9.17) is 5.21 Å². The van der Waals surface area contributed by atoms with Gasteiger partial charge in [-0.15, -0.1) is 24.8 Å². The fourth-order valence-electron chi connectivity index (χ4n) is 2.91. The molecule has 2 heterocycles. The Hall–Kier alpha value is -2.12.